The van der Waals surface area contributed by atoms with E-state index in [4.69, 9.17) is 5.14 Å². The number of para-hydroxylation sites is 1. The molecule has 2 N–H and O–H groups in total. The lowest BCUT2D eigenvalue weighted by Crippen LogP contribution is -2.18. The average Bonchev–Trinajstić information content (AvgIpc) is 2.74. The lowest BCUT2D eigenvalue weighted by atomic mass is 10.3. The van der Waals surface area contributed by atoms with Crippen LogP contribution in [0.25, 0.3) is 5.69 Å². The zero-order valence-electron chi connectivity index (χ0n) is 9.94. The van der Waals surface area contributed by atoms with Crippen LogP contribution in [0.3, 0.4) is 0 Å². The van der Waals surface area contributed by atoms with E-state index in [0.29, 0.717) is 17.9 Å². The molecule has 0 unspecified atom stereocenters. The SMILES string of the molecule is CCCc1nnc(S(N)(=O)=O)n1-c1ccccc1. The standard InChI is InChI=1S/C11H14N4O2S/c1-2-6-10-13-14-11(18(12,16)17)15(10)9-7-4-3-5-8-9/h3-5,7-8H,2,6H2,1H3,(H2,12,16,17). The average molecular weight is 266 g/mol. The number of nitrogens with two attached hydrogens (primary N) is 1. The van der Waals surface area contributed by atoms with Gasteiger partial charge in [0.2, 0.25) is 0 Å². The smallest absolute Gasteiger partial charge is 0.269 e. The maximum Gasteiger partial charge on any atom is 0.274 e. The summed E-state index contributed by atoms with van der Waals surface area (Å²) < 4.78 is 24.5. The van der Waals surface area contributed by atoms with Crippen LogP contribution in [0.2, 0.25) is 0 Å². The summed E-state index contributed by atoms with van der Waals surface area (Å²) in [5, 5.41) is 12.5. The fraction of sp³-hybridized carbons (Fsp3) is 0.273. The van der Waals surface area contributed by atoms with Gasteiger partial charge in [-0.15, -0.1) is 10.2 Å². The molecule has 2 aromatic rings. The molecule has 18 heavy (non-hydrogen) atoms. The predicted octanol–water partition coefficient (Wildman–Crippen LogP) is 0.867. The molecule has 0 saturated heterocycles. The largest absolute Gasteiger partial charge is 0.274 e. The van der Waals surface area contributed by atoms with E-state index in [0.717, 1.165) is 6.42 Å². The van der Waals surface area contributed by atoms with Crippen molar-refractivity contribution in [1.82, 2.24) is 14.8 Å². The van der Waals surface area contributed by atoms with Crippen LogP contribution in [0.4, 0.5) is 0 Å². The molecular weight excluding hydrogens is 252 g/mol. The zero-order valence-corrected chi connectivity index (χ0v) is 10.8. The van der Waals surface area contributed by atoms with Crippen molar-refractivity contribution in [2.45, 2.75) is 24.9 Å². The van der Waals surface area contributed by atoms with E-state index in [2.05, 4.69) is 10.2 Å². The molecule has 0 bridgehead atoms. The van der Waals surface area contributed by atoms with E-state index < -0.39 is 10.0 Å². The highest BCUT2D eigenvalue weighted by Gasteiger charge is 2.21. The lowest BCUT2D eigenvalue weighted by molar-refractivity contribution is 0.584. The fourth-order valence-electron chi connectivity index (χ4n) is 1.71. The van der Waals surface area contributed by atoms with Crippen LogP contribution in [0, 0.1) is 0 Å². The molecule has 6 nitrogen and oxygen atoms in total. The summed E-state index contributed by atoms with van der Waals surface area (Å²) in [5.74, 6) is 0.590. The summed E-state index contributed by atoms with van der Waals surface area (Å²) in [6, 6.07) is 9.06. The van der Waals surface area contributed by atoms with Crippen molar-refractivity contribution in [1.29, 1.82) is 0 Å². The molecule has 7 heteroatoms. The molecule has 0 aliphatic rings. The van der Waals surface area contributed by atoms with Gasteiger partial charge in [0.1, 0.15) is 5.82 Å². The first-order valence-corrected chi connectivity index (χ1v) is 7.11. The Morgan fingerprint density at radius 2 is 1.89 bits per heavy atom. The number of aromatic nitrogens is 3. The van der Waals surface area contributed by atoms with E-state index in [-0.39, 0.29) is 5.16 Å². The van der Waals surface area contributed by atoms with Crippen molar-refractivity contribution in [2.24, 2.45) is 5.14 Å². The summed E-state index contributed by atoms with van der Waals surface area (Å²) in [5.41, 5.74) is 0.690. The van der Waals surface area contributed by atoms with E-state index in [1.807, 2.05) is 25.1 Å². The van der Waals surface area contributed by atoms with E-state index in [1.165, 1.54) is 4.57 Å². The Morgan fingerprint density at radius 3 is 2.44 bits per heavy atom. The summed E-state index contributed by atoms with van der Waals surface area (Å²) in [6.07, 6.45) is 1.48. The van der Waals surface area contributed by atoms with Gasteiger partial charge in [-0.05, 0) is 18.6 Å². The highest BCUT2D eigenvalue weighted by Crippen LogP contribution is 2.16. The van der Waals surface area contributed by atoms with Crippen LogP contribution in [-0.4, -0.2) is 23.2 Å². The molecule has 0 fully saturated rings. The van der Waals surface area contributed by atoms with Gasteiger partial charge >= 0.3 is 0 Å². The van der Waals surface area contributed by atoms with Crippen molar-refractivity contribution in [3.8, 4) is 5.69 Å². The molecule has 1 aromatic carbocycles. The molecule has 2 rings (SSSR count). The maximum absolute atomic E-state index is 11.5. The minimum Gasteiger partial charge on any atom is -0.269 e. The van der Waals surface area contributed by atoms with Crippen molar-refractivity contribution < 1.29 is 8.42 Å². The molecule has 0 saturated carbocycles. The Bertz CT molecular complexity index is 634. The number of hydrogen-bond acceptors (Lipinski definition) is 4. The van der Waals surface area contributed by atoms with Gasteiger partial charge in [-0.1, -0.05) is 25.1 Å². The summed E-state index contributed by atoms with van der Waals surface area (Å²) in [6.45, 7) is 1.99. The monoisotopic (exact) mass is 266 g/mol. The van der Waals surface area contributed by atoms with E-state index in [1.54, 1.807) is 12.1 Å². The zero-order chi connectivity index (χ0) is 13.2. The van der Waals surface area contributed by atoms with Gasteiger partial charge in [0.15, 0.2) is 0 Å². The number of benzene rings is 1. The first-order chi connectivity index (χ1) is 8.54. The van der Waals surface area contributed by atoms with Crippen molar-refractivity contribution >= 4 is 10.0 Å². The second kappa shape index (κ2) is 4.87. The maximum atomic E-state index is 11.5. The molecule has 0 aliphatic heterocycles. The van der Waals surface area contributed by atoms with Gasteiger partial charge in [0.25, 0.3) is 15.2 Å². The van der Waals surface area contributed by atoms with Crippen molar-refractivity contribution in [3.63, 3.8) is 0 Å². The number of primary sulfonamides is 1. The molecule has 1 heterocycles. The van der Waals surface area contributed by atoms with Crippen LogP contribution in [0.5, 0.6) is 0 Å². The fourth-order valence-corrected chi connectivity index (χ4v) is 2.33. The summed E-state index contributed by atoms with van der Waals surface area (Å²) in [4.78, 5) is 0. The van der Waals surface area contributed by atoms with Gasteiger partial charge in [-0.25, -0.2) is 13.6 Å². The number of nitrogens with zero attached hydrogens (tertiary/aromatic N) is 3. The van der Waals surface area contributed by atoms with Crippen LogP contribution in [-0.2, 0) is 16.4 Å². The Balaban J connectivity index is 2.65. The van der Waals surface area contributed by atoms with Gasteiger partial charge in [0, 0.05) is 12.1 Å². The van der Waals surface area contributed by atoms with Crippen LogP contribution in [0.15, 0.2) is 35.5 Å². The number of sulfonamides is 1. The lowest BCUT2D eigenvalue weighted by Gasteiger charge is -2.08. The van der Waals surface area contributed by atoms with Gasteiger partial charge in [-0.2, -0.15) is 0 Å². The van der Waals surface area contributed by atoms with Crippen molar-refractivity contribution in [2.75, 3.05) is 0 Å². The third-order valence-corrected chi connectivity index (χ3v) is 3.22. The minimum atomic E-state index is -3.89. The number of rotatable bonds is 4. The Kier molecular flexibility index (Phi) is 3.44. The molecule has 0 amide bonds. The van der Waals surface area contributed by atoms with Crippen molar-refractivity contribution in [3.05, 3.63) is 36.2 Å². The Hall–Kier alpha value is -1.73. The van der Waals surface area contributed by atoms with Gasteiger partial charge in [-0.3, -0.25) is 4.57 Å². The molecule has 0 atom stereocenters. The van der Waals surface area contributed by atoms with Crippen LogP contribution >= 0.6 is 0 Å². The quantitative estimate of drug-likeness (QED) is 0.888. The number of aryl methyl sites for hydroxylation is 1. The molecular formula is C11H14N4O2S. The second-order valence-corrected chi connectivity index (χ2v) is 5.32. The third-order valence-electron chi connectivity index (χ3n) is 2.44. The predicted molar refractivity (Wildman–Crippen MR) is 66.7 cm³/mol. The Morgan fingerprint density at radius 1 is 1.22 bits per heavy atom. The first-order valence-electron chi connectivity index (χ1n) is 5.56. The molecule has 0 aliphatic carbocycles. The highest BCUT2D eigenvalue weighted by molar-refractivity contribution is 7.89. The molecule has 1 aromatic heterocycles. The van der Waals surface area contributed by atoms with Gasteiger partial charge < -0.3 is 0 Å². The van der Waals surface area contributed by atoms with Crippen LogP contribution in [0.1, 0.15) is 19.2 Å². The van der Waals surface area contributed by atoms with Crippen LogP contribution < -0.4 is 5.14 Å². The summed E-state index contributed by atoms with van der Waals surface area (Å²) in [7, 11) is -3.89. The second-order valence-electron chi connectivity index (χ2n) is 3.86. The molecule has 0 spiro atoms. The first kappa shape index (κ1) is 12.7. The van der Waals surface area contributed by atoms with E-state index in [9.17, 15) is 8.42 Å². The molecule has 0 radical (unpaired) electrons. The summed E-state index contributed by atoms with van der Waals surface area (Å²) >= 11 is 0. The van der Waals surface area contributed by atoms with E-state index >= 15 is 0 Å². The van der Waals surface area contributed by atoms with Gasteiger partial charge in [0.05, 0.1) is 0 Å². The molecule has 96 valence electrons. The topological polar surface area (TPSA) is 90.9 Å². The number of hydrogen-bond donors (Lipinski definition) is 1. The highest BCUT2D eigenvalue weighted by atomic mass is 32.2. The Labute approximate surface area is 106 Å². The third kappa shape index (κ3) is 2.41. The minimum absolute atomic E-state index is 0.225. The normalized spacial score (nSPS) is 11.7.